The van der Waals surface area contributed by atoms with Crippen LogP contribution in [-0.4, -0.2) is 16.3 Å². The van der Waals surface area contributed by atoms with Gasteiger partial charge in [0, 0.05) is 6.42 Å². The van der Waals surface area contributed by atoms with Crippen molar-refractivity contribution >= 4 is 5.97 Å². The Kier molecular flexibility index (Phi) is 27.7. The van der Waals surface area contributed by atoms with Crippen molar-refractivity contribution in [3.05, 3.63) is 17.1 Å². The first-order valence-electron chi connectivity index (χ1n) is 11.0. The summed E-state index contributed by atoms with van der Waals surface area (Å²) in [5, 5.41) is 16.4. The van der Waals surface area contributed by atoms with E-state index in [1.807, 2.05) is 0 Å². The third kappa shape index (κ3) is 32.7. The summed E-state index contributed by atoms with van der Waals surface area (Å²) in [5.74, 6) is -0.656. The third-order valence-electron chi connectivity index (χ3n) is 4.65. The molecule has 0 unspecified atom stereocenters. The molecule has 0 aliphatic heterocycles. The quantitative estimate of drug-likeness (QED) is 0.103. The van der Waals surface area contributed by atoms with Gasteiger partial charge in [0.1, 0.15) is 0 Å². The summed E-state index contributed by atoms with van der Waals surface area (Å²) in [6.07, 6.45) is 27.1. The number of hydrogen-bond donors (Lipinski definition) is 2. The van der Waals surface area contributed by atoms with Gasteiger partial charge in [0.05, 0.1) is 0 Å². The number of hydrogen-bond acceptors (Lipinski definition) is 3. The maximum Gasteiger partial charge on any atom is 0.303 e. The normalized spacial score (nSPS) is 10.6. The van der Waals surface area contributed by atoms with E-state index >= 15 is 0 Å². The minimum absolute atomic E-state index is 0.340. The molecule has 27 heavy (non-hydrogen) atoms. The van der Waals surface area contributed by atoms with Crippen molar-refractivity contribution in [2.24, 2.45) is 5.34 Å². The molecule has 0 radical (unpaired) electrons. The molecule has 2 N–H and O–H groups in total. The largest absolute Gasteiger partial charge is 0.481 e. The number of carboxylic acids is 1. The zero-order valence-corrected chi connectivity index (χ0v) is 17.5. The highest BCUT2D eigenvalue weighted by molar-refractivity contribution is 5.66. The van der Waals surface area contributed by atoms with Crippen molar-refractivity contribution in [1.82, 2.24) is 0 Å². The average molecular weight is 386 g/mol. The van der Waals surface area contributed by atoms with Crippen LogP contribution in [0.5, 0.6) is 0 Å². The molecule has 0 aliphatic carbocycles. The summed E-state index contributed by atoms with van der Waals surface area (Å²) in [5.41, 5.74) is 0. The molecule has 5 heteroatoms. The predicted molar refractivity (Wildman–Crippen MR) is 113 cm³/mol. The van der Waals surface area contributed by atoms with Crippen LogP contribution in [0.15, 0.2) is 17.5 Å². The summed E-state index contributed by atoms with van der Waals surface area (Å²) in [6, 6.07) is 0. The number of allylic oxidation sites excluding steroid dienone is 2. The van der Waals surface area contributed by atoms with Crippen molar-refractivity contribution in [3.63, 3.8) is 0 Å². The highest BCUT2D eigenvalue weighted by atomic mass is 16.6. The van der Waals surface area contributed by atoms with Crippen LogP contribution >= 0.6 is 0 Å². The van der Waals surface area contributed by atoms with Gasteiger partial charge >= 0.3 is 5.97 Å². The summed E-state index contributed by atoms with van der Waals surface area (Å²) in [4.78, 5) is 18.5. The Morgan fingerprint density at radius 3 is 1.41 bits per heavy atom. The van der Waals surface area contributed by atoms with E-state index in [0.29, 0.717) is 6.42 Å². The topological polar surface area (TPSA) is 87.0 Å². The molecule has 0 atom stereocenters. The zero-order chi connectivity index (χ0) is 20.4. The molecule has 0 aliphatic rings. The predicted octanol–water partition coefficient (Wildman–Crippen LogP) is 7.81. The van der Waals surface area contributed by atoms with Gasteiger partial charge < -0.3 is 10.3 Å². The second kappa shape index (κ2) is 26.8. The van der Waals surface area contributed by atoms with E-state index in [2.05, 4.69) is 19.1 Å². The molecule has 160 valence electrons. The van der Waals surface area contributed by atoms with Gasteiger partial charge in [-0.2, -0.15) is 0 Å². The lowest BCUT2D eigenvalue weighted by Gasteiger charge is -2.01. The molecule has 0 aromatic rings. The van der Waals surface area contributed by atoms with E-state index in [4.69, 9.17) is 15.2 Å². The minimum Gasteiger partial charge on any atom is -0.481 e. The first-order chi connectivity index (χ1) is 13.2. The molecular formula is C22H43NO4. The van der Waals surface area contributed by atoms with Crippen molar-refractivity contribution < 1.29 is 15.1 Å². The first kappa shape index (κ1) is 27.8. The van der Waals surface area contributed by atoms with Gasteiger partial charge in [0.25, 0.3) is 0 Å². The fraction of sp³-hybridized carbons (Fsp3) is 0.864. The smallest absolute Gasteiger partial charge is 0.303 e. The lowest BCUT2D eigenvalue weighted by atomic mass is 10.1. The second-order valence-corrected chi connectivity index (χ2v) is 7.22. The molecule has 0 fully saturated rings. The van der Waals surface area contributed by atoms with Crippen LogP contribution in [0.25, 0.3) is 0 Å². The van der Waals surface area contributed by atoms with Crippen molar-refractivity contribution in [2.75, 3.05) is 0 Å². The van der Waals surface area contributed by atoms with E-state index in [9.17, 15) is 4.79 Å². The molecule has 0 saturated carbocycles. The van der Waals surface area contributed by atoms with E-state index in [0.717, 1.165) is 12.8 Å². The molecule has 0 rings (SSSR count). The van der Waals surface area contributed by atoms with E-state index in [1.54, 1.807) is 0 Å². The zero-order valence-electron chi connectivity index (χ0n) is 17.5. The van der Waals surface area contributed by atoms with Gasteiger partial charge in [0.15, 0.2) is 5.34 Å². The van der Waals surface area contributed by atoms with Gasteiger partial charge in [-0.1, -0.05) is 96.1 Å². The lowest BCUT2D eigenvalue weighted by Crippen LogP contribution is -1.93. The standard InChI is InChI=1S/C22H42O2.HNO2/c1-2-3-4-5-6-7-8-9-10-11-12-13-14-15-16-17-18-19-20-21-22(23)24;2-1-3/h9-10H,2-8,11-21H2,1H3,(H,23,24);(H,2,3)/b10-9-;. The maximum absolute atomic E-state index is 10.4. The van der Waals surface area contributed by atoms with Crippen molar-refractivity contribution in [2.45, 2.75) is 122 Å². The highest BCUT2D eigenvalue weighted by Crippen LogP contribution is 2.12. The van der Waals surface area contributed by atoms with Crippen LogP contribution in [0.1, 0.15) is 122 Å². The molecule has 0 saturated heterocycles. The number of nitrogens with zero attached hydrogens (tertiary/aromatic N) is 1. The van der Waals surface area contributed by atoms with Crippen LogP contribution in [-0.2, 0) is 4.79 Å². The van der Waals surface area contributed by atoms with Crippen LogP contribution in [0, 0.1) is 4.91 Å². The van der Waals surface area contributed by atoms with Gasteiger partial charge in [-0.05, 0) is 32.1 Å². The van der Waals surface area contributed by atoms with Crippen LogP contribution in [0.4, 0.5) is 0 Å². The number of carboxylic acid groups (broad SMARTS) is 1. The molecule has 0 spiro atoms. The average Bonchev–Trinajstić information content (AvgIpc) is 2.64. The van der Waals surface area contributed by atoms with Gasteiger partial charge in [0.2, 0.25) is 0 Å². The number of aliphatic carboxylic acids is 1. The highest BCUT2D eigenvalue weighted by Gasteiger charge is 1.96. The van der Waals surface area contributed by atoms with Crippen LogP contribution < -0.4 is 0 Å². The Balaban J connectivity index is 0. The number of unbranched alkanes of at least 4 members (excludes halogenated alkanes) is 15. The summed E-state index contributed by atoms with van der Waals surface area (Å²) in [6.45, 7) is 2.27. The first-order valence-corrected chi connectivity index (χ1v) is 11.0. The fourth-order valence-corrected chi connectivity index (χ4v) is 3.05. The Hall–Kier alpha value is -1.39. The molecule has 0 heterocycles. The van der Waals surface area contributed by atoms with Gasteiger partial charge in [-0.15, -0.1) is 4.91 Å². The molecule has 0 aromatic heterocycles. The van der Waals surface area contributed by atoms with Crippen LogP contribution in [0.2, 0.25) is 0 Å². The number of rotatable bonds is 19. The molecule has 5 nitrogen and oxygen atoms in total. The Morgan fingerprint density at radius 1 is 0.704 bits per heavy atom. The summed E-state index contributed by atoms with van der Waals surface area (Å²) >= 11 is 0. The molecule has 0 bridgehead atoms. The summed E-state index contributed by atoms with van der Waals surface area (Å²) in [7, 11) is 0. The fourth-order valence-electron chi connectivity index (χ4n) is 3.05. The van der Waals surface area contributed by atoms with E-state index < -0.39 is 5.97 Å². The van der Waals surface area contributed by atoms with Gasteiger partial charge in [-0.25, -0.2) is 0 Å². The van der Waals surface area contributed by atoms with E-state index in [1.165, 1.54) is 102 Å². The maximum atomic E-state index is 10.4. The van der Waals surface area contributed by atoms with Crippen molar-refractivity contribution in [3.8, 4) is 0 Å². The lowest BCUT2D eigenvalue weighted by molar-refractivity contribution is -0.137. The Morgan fingerprint density at radius 2 is 1.04 bits per heavy atom. The SMILES string of the molecule is CCCCCCCC/C=C\CCCCCCCCCCCC(=O)O.O=NO. The Labute approximate surface area is 166 Å². The second-order valence-electron chi connectivity index (χ2n) is 7.22. The minimum atomic E-state index is -0.656. The molecule has 0 amide bonds. The number of carbonyl (C=O) groups is 1. The third-order valence-corrected chi connectivity index (χ3v) is 4.65. The van der Waals surface area contributed by atoms with Gasteiger partial charge in [-0.3, -0.25) is 4.79 Å². The van der Waals surface area contributed by atoms with Crippen LogP contribution in [0.3, 0.4) is 0 Å². The molecular weight excluding hydrogens is 342 g/mol. The Bertz CT molecular complexity index is 332. The molecule has 0 aromatic carbocycles. The van der Waals surface area contributed by atoms with E-state index in [-0.39, 0.29) is 0 Å². The summed E-state index contributed by atoms with van der Waals surface area (Å²) < 4.78 is 0. The van der Waals surface area contributed by atoms with Crippen molar-refractivity contribution in [1.29, 1.82) is 0 Å². The monoisotopic (exact) mass is 385 g/mol.